The number of aryl methyl sites for hydroxylation is 2. The first-order valence-electron chi connectivity index (χ1n) is 6.92. The molecule has 1 atom stereocenters. The van der Waals surface area contributed by atoms with Gasteiger partial charge in [0.15, 0.2) is 5.78 Å². The molecule has 1 saturated heterocycles. The van der Waals surface area contributed by atoms with Gasteiger partial charge in [-0.25, -0.2) is 0 Å². The normalized spacial score (nSPS) is 23.9. The Morgan fingerprint density at radius 2 is 2.17 bits per heavy atom. The zero-order valence-corrected chi connectivity index (χ0v) is 11.7. The maximum Gasteiger partial charge on any atom is 0.170 e. The fourth-order valence-electron chi connectivity index (χ4n) is 2.98. The molecule has 1 aliphatic heterocycles. The monoisotopic (exact) mass is 245 g/mol. The van der Waals surface area contributed by atoms with Gasteiger partial charge in [0.1, 0.15) is 0 Å². The van der Waals surface area contributed by atoms with Gasteiger partial charge in [0.2, 0.25) is 0 Å². The van der Waals surface area contributed by atoms with Crippen molar-refractivity contribution >= 4 is 5.78 Å². The SMILES string of the molecule is CCC1(C(=O)c2ccc(C)cc2C)CCCNC1. The Balaban J connectivity index is 2.33. The van der Waals surface area contributed by atoms with Crippen LogP contribution in [0.25, 0.3) is 0 Å². The molecule has 18 heavy (non-hydrogen) atoms. The largest absolute Gasteiger partial charge is 0.316 e. The van der Waals surface area contributed by atoms with E-state index in [4.69, 9.17) is 0 Å². The molecule has 98 valence electrons. The molecule has 0 bridgehead atoms. The van der Waals surface area contributed by atoms with Crippen molar-refractivity contribution in [3.63, 3.8) is 0 Å². The zero-order valence-electron chi connectivity index (χ0n) is 11.7. The molecule has 0 aliphatic carbocycles. The van der Waals surface area contributed by atoms with Gasteiger partial charge in [0.25, 0.3) is 0 Å². The molecular formula is C16H23NO. The number of carbonyl (C=O) groups is 1. The number of hydrogen-bond acceptors (Lipinski definition) is 2. The molecule has 0 amide bonds. The molecule has 1 aliphatic rings. The van der Waals surface area contributed by atoms with Crippen molar-refractivity contribution in [2.45, 2.75) is 40.0 Å². The van der Waals surface area contributed by atoms with Crippen LogP contribution < -0.4 is 5.32 Å². The van der Waals surface area contributed by atoms with Crippen molar-refractivity contribution in [2.75, 3.05) is 13.1 Å². The summed E-state index contributed by atoms with van der Waals surface area (Å²) in [6.45, 7) is 8.12. The standard InChI is InChI=1S/C16H23NO/c1-4-16(8-5-9-17-11-16)15(18)14-7-6-12(2)10-13(14)3/h6-7,10,17H,4-5,8-9,11H2,1-3H3. The fourth-order valence-corrected chi connectivity index (χ4v) is 2.98. The average molecular weight is 245 g/mol. The lowest BCUT2D eigenvalue weighted by Gasteiger charge is -2.36. The topological polar surface area (TPSA) is 29.1 Å². The van der Waals surface area contributed by atoms with E-state index in [0.717, 1.165) is 43.5 Å². The lowest BCUT2D eigenvalue weighted by molar-refractivity contribution is 0.0730. The van der Waals surface area contributed by atoms with Gasteiger partial charge in [-0.2, -0.15) is 0 Å². The van der Waals surface area contributed by atoms with Crippen molar-refractivity contribution in [3.05, 3.63) is 34.9 Å². The molecule has 0 spiro atoms. The van der Waals surface area contributed by atoms with Crippen molar-refractivity contribution in [3.8, 4) is 0 Å². The van der Waals surface area contributed by atoms with E-state index in [2.05, 4.69) is 25.2 Å². The zero-order chi connectivity index (χ0) is 13.2. The van der Waals surface area contributed by atoms with E-state index in [0.29, 0.717) is 5.78 Å². The summed E-state index contributed by atoms with van der Waals surface area (Å²) in [5.41, 5.74) is 3.05. The Morgan fingerprint density at radius 3 is 2.72 bits per heavy atom. The van der Waals surface area contributed by atoms with Crippen LogP contribution in [0.2, 0.25) is 0 Å². The van der Waals surface area contributed by atoms with E-state index in [1.807, 2.05) is 19.1 Å². The summed E-state index contributed by atoms with van der Waals surface area (Å²) < 4.78 is 0. The van der Waals surface area contributed by atoms with Crippen LogP contribution in [-0.2, 0) is 0 Å². The second kappa shape index (κ2) is 5.23. The van der Waals surface area contributed by atoms with E-state index in [1.54, 1.807) is 0 Å². The van der Waals surface area contributed by atoms with Crippen LogP contribution >= 0.6 is 0 Å². The highest BCUT2D eigenvalue weighted by Gasteiger charge is 2.38. The summed E-state index contributed by atoms with van der Waals surface area (Å²) in [6, 6.07) is 6.14. The van der Waals surface area contributed by atoms with Gasteiger partial charge in [-0.3, -0.25) is 4.79 Å². The van der Waals surface area contributed by atoms with Crippen molar-refractivity contribution in [1.82, 2.24) is 5.32 Å². The van der Waals surface area contributed by atoms with E-state index in [1.165, 1.54) is 5.56 Å². The van der Waals surface area contributed by atoms with Crippen molar-refractivity contribution in [2.24, 2.45) is 5.41 Å². The summed E-state index contributed by atoms with van der Waals surface area (Å²) in [6.07, 6.45) is 3.04. The third kappa shape index (κ3) is 2.35. The van der Waals surface area contributed by atoms with Crippen LogP contribution in [0.1, 0.15) is 47.7 Å². The smallest absolute Gasteiger partial charge is 0.170 e. The van der Waals surface area contributed by atoms with Gasteiger partial charge in [-0.15, -0.1) is 0 Å². The molecule has 2 rings (SSSR count). The molecule has 2 nitrogen and oxygen atoms in total. The van der Waals surface area contributed by atoms with Crippen LogP contribution in [0.15, 0.2) is 18.2 Å². The molecule has 1 aromatic carbocycles. The second-order valence-corrected chi connectivity index (χ2v) is 5.56. The number of benzene rings is 1. The lowest BCUT2D eigenvalue weighted by Crippen LogP contribution is -2.45. The molecule has 0 saturated carbocycles. The van der Waals surface area contributed by atoms with Crippen molar-refractivity contribution in [1.29, 1.82) is 0 Å². The van der Waals surface area contributed by atoms with Gasteiger partial charge in [0.05, 0.1) is 0 Å². The van der Waals surface area contributed by atoms with Crippen LogP contribution in [0.3, 0.4) is 0 Å². The molecule has 0 aromatic heterocycles. The lowest BCUT2D eigenvalue weighted by atomic mass is 9.72. The first kappa shape index (κ1) is 13.3. The molecule has 0 radical (unpaired) electrons. The maximum atomic E-state index is 12.8. The number of ketones is 1. The summed E-state index contributed by atoms with van der Waals surface area (Å²) >= 11 is 0. The fraction of sp³-hybridized carbons (Fsp3) is 0.562. The Hall–Kier alpha value is -1.15. The number of rotatable bonds is 3. The van der Waals surface area contributed by atoms with Gasteiger partial charge >= 0.3 is 0 Å². The molecule has 1 fully saturated rings. The third-order valence-electron chi connectivity index (χ3n) is 4.26. The Kier molecular flexibility index (Phi) is 3.86. The summed E-state index contributed by atoms with van der Waals surface area (Å²) in [5.74, 6) is 0.328. The quantitative estimate of drug-likeness (QED) is 0.828. The summed E-state index contributed by atoms with van der Waals surface area (Å²) in [7, 11) is 0. The molecule has 1 heterocycles. The molecule has 1 unspecified atom stereocenters. The van der Waals surface area contributed by atoms with Gasteiger partial charge in [-0.1, -0.05) is 30.7 Å². The van der Waals surface area contributed by atoms with Gasteiger partial charge in [-0.05, 0) is 45.2 Å². The Morgan fingerprint density at radius 1 is 1.39 bits per heavy atom. The van der Waals surface area contributed by atoms with E-state index < -0.39 is 0 Å². The minimum Gasteiger partial charge on any atom is -0.316 e. The Bertz CT molecular complexity index is 444. The number of hydrogen-bond donors (Lipinski definition) is 1. The first-order chi connectivity index (χ1) is 8.59. The predicted octanol–water partition coefficient (Wildman–Crippen LogP) is 3.27. The molecule has 2 heteroatoms. The number of Topliss-reactive ketones (excluding diaryl/α,β-unsaturated/α-hetero) is 1. The van der Waals surface area contributed by atoms with Gasteiger partial charge in [0, 0.05) is 17.5 Å². The van der Waals surface area contributed by atoms with Crippen molar-refractivity contribution < 1.29 is 4.79 Å². The van der Waals surface area contributed by atoms with E-state index in [9.17, 15) is 4.79 Å². The van der Waals surface area contributed by atoms with Crippen LogP contribution in [0, 0.1) is 19.3 Å². The Labute approximate surface area is 110 Å². The average Bonchev–Trinajstić information content (AvgIpc) is 2.39. The highest BCUT2D eigenvalue weighted by molar-refractivity contribution is 6.02. The molecule has 1 N–H and O–H groups in total. The molecular weight excluding hydrogens is 222 g/mol. The van der Waals surface area contributed by atoms with Crippen LogP contribution in [0.5, 0.6) is 0 Å². The number of carbonyl (C=O) groups excluding carboxylic acids is 1. The highest BCUT2D eigenvalue weighted by atomic mass is 16.1. The minimum absolute atomic E-state index is 0.182. The van der Waals surface area contributed by atoms with Gasteiger partial charge < -0.3 is 5.32 Å². The summed E-state index contributed by atoms with van der Waals surface area (Å²) in [5, 5.41) is 3.39. The molecule has 1 aromatic rings. The third-order valence-corrected chi connectivity index (χ3v) is 4.26. The predicted molar refractivity (Wildman–Crippen MR) is 75.1 cm³/mol. The van der Waals surface area contributed by atoms with Crippen LogP contribution in [0.4, 0.5) is 0 Å². The van der Waals surface area contributed by atoms with E-state index >= 15 is 0 Å². The summed E-state index contributed by atoms with van der Waals surface area (Å²) in [4.78, 5) is 12.8. The second-order valence-electron chi connectivity index (χ2n) is 5.56. The number of nitrogens with one attached hydrogen (secondary N) is 1. The van der Waals surface area contributed by atoms with Crippen LogP contribution in [-0.4, -0.2) is 18.9 Å². The highest BCUT2D eigenvalue weighted by Crippen LogP contribution is 2.34. The first-order valence-corrected chi connectivity index (χ1v) is 6.92. The minimum atomic E-state index is -0.182. The number of piperidine rings is 1. The maximum absolute atomic E-state index is 12.8. The van der Waals surface area contributed by atoms with E-state index in [-0.39, 0.29) is 5.41 Å².